The number of aromatic nitrogens is 2. The van der Waals surface area contributed by atoms with Crippen LogP contribution in [0, 0.1) is 5.92 Å². The summed E-state index contributed by atoms with van der Waals surface area (Å²) < 4.78 is 16.0. The summed E-state index contributed by atoms with van der Waals surface area (Å²) in [5.74, 6) is 3.24. The summed E-state index contributed by atoms with van der Waals surface area (Å²) in [7, 11) is 0. The Balaban J connectivity index is 1.31. The molecule has 1 fully saturated rings. The van der Waals surface area contributed by atoms with E-state index in [-0.39, 0.29) is 12.7 Å². The molecule has 3 heterocycles. The standard InChI is InChI=1S/C19H24N4O4/c1-13(2)9-17-20-18(27-21-17)11-22-5-7-23(8-6-22)19(24)14-3-4-15-16(10-14)26-12-25-15/h3-4,10,13H,5-9,11-12H2,1-2H3. The molecule has 0 atom stereocenters. The summed E-state index contributed by atoms with van der Waals surface area (Å²) in [6, 6.07) is 5.33. The van der Waals surface area contributed by atoms with Crippen molar-refractivity contribution in [3.8, 4) is 11.5 Å². The van der Waals surface area contributed by atoms with Crippen LogP contribution in [0.15, 0.2) is 22.7 Å². The summed E-state index contributed by atoms with van der Waals surface area (Å²) in [6.45, 7) is 7.98. The fraction of sp³-hybridized carbons (Fsp3) is 0.526. The van der Waals surface area contributed by atoms with E-state index in [2.05, 4.69) is 28.9 Å². The van der Waals surface area contributed by atoms with Crippen molar-refractivity contribution in [1.82, 2.24) is 19.9 Å². The highest BCUT2D eigenvalue weighted by Gasteiger charge is 2.25. The molecule has 4 rings (SSSR count). The molecular weight excluding hydrogens is 348 g/mol. The molecule has 2 aliphatic rings. The smallest absolute Gasteiger partial charge is 0.254 e. The first kappa shape index (κ1) is 17.8. The van der Waals surface area contributed by atoms with Gasteiger partial charge in [-0.3, -0.25) is 9.69 Å². The van der Waals surface area contributed by atoms with Gasteiger partial charge < -0.3 is 18.9 Å². The second-order valence-electron chi connectivity index (χ2n) is 7.34. The van der Waals surface area contributed by atoms with Crippen molar-refractivity contribution < 1.29 is 18.8 Å². The van der Waals surface area contributed by atoms with E-state index in [4.69, 9.17) is 14.0 Å². The predicted octanol–water partition coefficient (Wildman–Crippen LogP) is 1.95. The lowest BCUT2D eigenvalue weighted by atomic mass is 10.1. The summed E-state index contributed by atoms with van der Waals surface area (Å²) in [4.78, 5) is 21.3. The Morgan fingerprint density at radius 3 is 2.70 bits per heavy atom. The summed E-state index contributed by atoms with van der Waals surface area (Å²) in [5.41, 5.74) is 0.628. The molecule has 0 radical (unpaired) electrons. The Kier molecular flexibility index (Phi) is 4.98. The molecule has 2 aromatic rings. The zero-order chi connectivity index (χ0) is 18.8. The minimum atomic E-state index is 0.0185. The fourth-order valence-electron chi connectivity index (χ4n) is 3.31. The molecule has 2 aliphatic heterocycles. The average Bonchev–Trinajstić information content (AvgIpc) is 3.30. The van der Waals surface area contributed by atoms with Crippen LogP contribution in [-0.2, 0) is 13.0 Å². The topological polar surface area (TPSA) is 80.9 Å². The van der Waals surface area contributed by atoms with Gasteiger partial charge in [0.25, 0.3) is 5.91 Å². The van der Waals surface area contributed by atoms with Gasteiger partial charge in [0.1, 0.15) is 0 Å². The largest absolute Gasteiger partial charge is 0.454 e. The number of hydrogen-bond acceptors (Lipinski definition) is 7. The number of hydrogen-bond donors (Lipinski definition) is 0. The van der Waals surface area contributed by atoms with E-state index >= 15 is 0 Å². The lowest BCUT2D eigenvalue weighted by molar-refractivity contribution is 0.0614. The van der Waals surface area contributed by atoms with Crippen molar-refractivity contribution in [3.05, 3.63) is 35.5 Å². The van der Waals surface area contributed by atoms with Gasteiger partial charge in [0.15, 0.2) is 17.3 Å². The van der Waals surface area contributed by atoms with Crippen molar-refractivity contribution >= 4 is 5.91 Å². The third-order valence-corrected chi connectivity index (χ3v) is 4.74. The van der Waals surface area contributed by atoms with Gasteiger partial charge in [-0.25, -0.2) is 0 Å². The molecule has 0 bridgehead atoms. The maximum absolute atomic E-state index is 12.7. The number of rotatable bonds is 5. The molecule has 0 aliphatic carbocycles. The molecule has 0 N–H and O–H groups in total. The Labute approximate surface area is 158 Å². The zero-order valence-electron chi connectivity index (χ0n) is 15.7. The third-order valence-electron chi connectivity index (χ3n) is 4.74. The molecule has 27 heavy (non-hydrogen) atoms. The van der Waals surface area contributed by atoms with E-state index in [1.54, 1.807) is 18.2 Å². The monoisotopic (exact) mass is 372 g/mol. The van der Waals surface area contributed by atoms with E-state index in [1.165, 1.54) is 0 Å². The van der Waals surface area contributed by atoms with E-state index in [9.17, 15) is 4.79 Å². The van der Waals surface area contributed by atoms with Gasteiger partial charge in [0, 0.05) is 38.2 Å². The molecule has 0 saturated carbocycles. The van der Waals surface area contributed by atoms with Crippen LogP contribution in [0.2, 0.25) is 0 Å². The summed E-state index contributed by atoms with van der Waals surface area (Å²) in [5, 5.41) is 4.03. The Morgan fingerprint density at radius 2 is 1.93 bits per heavy atom. The minimum absolute atomic E-state index is 0.0185. The van der Waals surface area contributed by atoms with Crippen molar-refractivity contribution in [3.63, 3.8) is 0 Å². The average molecular weight is 372 g/mol. The molecule has 0 spiro atoms. The van der Waals surface area contributed by atoms with Gasteiger partial charge in [-0.15, -0.1) is 0 Å². The van der Waals surface area contributed by atoms with Crippen molar-refractivity contribution in [1.29, 1.82) is 0 Å². The van der Waals surface area contributed by atoms with Crippen LogP contribution in [0.3, 0.4) is 0 Å². The third kappa shape index (κ3) is 4.05. The van der Waals surface area contributed by atoms with Crippen LogP contribution in [0.25, 0.3) is 0 Å². The number of carbonyl (C=O) groups excluding carboxylic acids is 1. The van der Waals surface area contributed by atoms with Gasteiger partial charge in [0.05, 0.1) is 6.54 Å². The normalized spacial score (nSPS) is 16.9. The summed E-state index contributed by atoms with van der Waals surface area (Å²) >= 11 is 0. The molecule has 1 amide bonds. The van der Waals surface area contributed by atoms with Crippen LogP contribution >= 0.6 is 0 Å². The highest BCUT2D eigenvalue weighted by molar-refractivity contribution is 5.95. The Hall–Kier alpha value is -2.61. The predicted molar refractivity (Wildman–Crippen MR) is 96.6 cm³/mol. The van der Waals surface area contributed by atoms with Crippen molar-refractivity contribution in [2.75, 3.05) is 33.0 Å². The molecule has 8 heteroatoms. The lowest BCUT2D eigenvalue weighted by Gasteiger charge is -2.34. The highest BCUT2D eigenvalue weighted by Crippen LogP contribution is 2.32. The Morgan fingerprint density at radius 1 is 1.15 bits per heavy atom. The zero-order valence-corrected chi connectivity index (χ0v) is 15.7. The number of nitrogens with zero attached hydrogens (tertiary/aromatic N) is 4. The number of amides is 1. The molecule has 1 aromatic heterocycles. The highest BCUT2D eigenvalue weighted by atomic mass is 16.7. The number of carbonyl (C=O) groups is 1. The second-order valence-corrected chi connectivity index (χ2v) is 7.34. The summed E-state index contributed by atoms with van der Waals surface area (Å²) in [6.07, 6.45) is 0.821. The maximum atomic E-state index is 12.7. The Bertz CT molecular complexity index is 812. The van der Waals surface area contributed by atoms with Crippen LogP contribution in [0.5, 0.6) is 11.5 Å². The van der Waals surface area contributed by atoms with Crippen molar-refractivity contribution in [2.45, 2.75) is 26.8 Å². The fourth-order valence-corrected chi connectivity index (χ4v) is 3.31. The quantitative estimate of drug-likeness (QED) is 0.793. The SMILES string of the molecule is CC(C)Cc1noc(CN2CCN(C(=O)c3ccc4c(c3)OCO4)CC2)n1. The second kappa shape index (κ2) is 7.56. The van der Waals surface area contributed by atoms with Gasteiger partial charge in [-0.2, -0.15) is 4.98 Å². The van der Waals surface area contributed by atoms with Gasteiger partial charge in [-0.05, 0) is 24.1 Å². The number of benzene rings is 1. The first-order valence-electron chi connectivity index (χ1n) is 9.31. The van der Waals surface area contributed by atoms with Crippen LogP contribution in [0.4, 0.5) is 0 Å². The molecule has 8 nitrogen and oxygen atoms in total. The molecular formula is C19H24N4O4. The lowest BCUT2D eigenvalue weighted by Crippen LogP contribution is -2.48. The first-order valence-corrected chi connectivity index (χ1v) is 9.31. The molecule has 0 unspecified atom stereocenters. The van der Waals surface area contributed by atoms with E-state index < -0.39 is 0 Å². The van der Waals surface area contributed by atoms with Gasteiger partial charge >= 0.3 is 0 Å². The van der Waals surface area contributed by atoms with Crippen LogP contribution in [-0.4, -0.2) is 58.8 Å². The number of fused-ring (bicyclic) bond motifs is 1. The van der Waals surface area contributed by atoms with Crippen molar-refractivity contribution in [2.24, 2.45) is 5.92 Å². The van der Waals surface area contributed by atoms with Gasteiger partial charge in [-0.1, -0.05) is 19.0 Å². The van der Waals surface area contributed by atoms with E-state index in [0.717, 1.165) is 25.3 Å². The van der Waals surface area contributed by atoms with Crippen LogP contribution in [0.1, 0.15) is 35.9 Å². The first-order chi connectivity index (χ1) is 13.1. The van der Waals surface area contributed by atoms with Gasteiger partial charge in [0.2, 0.25) is 12.7 Å². The number of ether oxygens (including phenoxy) is 2. The number of piperazine rings is 1. The molecule has 1 saturated heterocycles. The van der Waals surface area contributed by atoms with E-state index in [0.29, 0.717) is 48.5 Å². The minimum Gasteiger partial charge on any atom is -0.454 e. The maximum Gasteiger partial charge on any atom is 0.254 e. The molecule has 1 aromatic carbocycles. The van der Waals surface area contributed by atoms with E-state index in [1.807, 2.05) is 4.90 Å². The van der Waals surface area contributed by atoms with Crippen LogP contribution < -0.4 is 9.47 Å². The molecule has 144 valence electrons.